The molecule has 1 aliphatic heterocycles. The fraction of sp³-hybridized carbons (Fsp3) is 0.280. The summed E-state index contributed by atoms with van der Waals surface area (Å²) in [4.78, 5) is 15.1. The highest BCUT2D eigenvalue weighted by atomic mass is 16.2. The smallest absolute Gasteiger partial charge is 0.273 e. The van der Waals surface area contributed by atoms with Crippen LogP contribution in [0.15, 0.2) is 72.1 Å². The minimum atomic E-state index is -0.233. The first-order valence-electron chi connectivity index (χ1n) is 10.3. The van der Waals surface area contributed by atoms with E-state index in [0.29, 0.717) is 11.5 Å². The Morgan fingerprint density at radius 1 is 1.10 bits per heavy atom. The van der Waals surface area contributed by atoms with E-state index in [9.17, 15) is 4.79 Å². The van der Waals surface area contributed by atoms with Crippen molar-refractivity contribution in [2.75, 3.05) is 11.9 Å². The van der Waals surface area contributed by atoms with Crippen molar-refractivity contribution in [2.45, 2.75) is 38.6 Å². The molecule has 0 saturated heterocycles. The van der Waals surface area contributed by atoms with Gasteiger partial charge in [0.1, 0.15) is 0 Å². The number of rotatable bonds is 4. The van der Waals surface area contributed by atoms with E-state index in [-0.39, 0.29) is 11.4 Å². The highest BCUT2D eigenvalue weighted by Crippen LogP contribution is 2.42. The van der Waals surface area contributed by atoms with E-state index in [1.807, 2.05) is 53.4 Å². The van der Waals surface area contributed by atoms with Crippen LogP contribution in [0.3, 0.4) is 0 Å². The number of hydrazone groups is 1. The summed E-state index contributed by atoms with van der Waals surface area (Å²) >= 11 is 0. The lowest BCUT2D eigenvalue weighted by Gasteiger charge is -2.45. The maximum Gasteiger partial charge on any atom is 0.273 e. The van der Waals surface area contributed by atoms with Crippen LogP contribution >= 0.6 is 0 Å². The Morgan fingerprint density at radius 3 is 2.60 bits per heavy atom. The normalized spacial score (nSPS) is 17.7. The second-order valence-corrected chi connectivity index (χ2v) is 8.60. The van der Waals surface area contributed by atoms with Crippen LogP contribution in [0.2, 0.25) is 0 Å². The molecule has 1 amide bonds. The van der Waals surface area contributed by atoms with E-state index in [2.05, 4.69) is 55.4 Å². The van der Waals surface area contributed by atoms with Crippen LogP contribution in [0.5, 0.6) is 0 Å². The third-order valence-electron chi connectivity index (χ3n) is 6.07. The summed E-state index contributed by atoms with van der Waals surface area (Å²) in [6, 6.07) is 17.7. The fourth-order valence-electron chi connectivity index (χ4n) is 4.29. The topological polar surface area (TPSA) is 49.6 Å². The third-order valence-corrected chi connectivity index (χ3v) is 6.07. The van der Waals surface area contributed by atoms with E-state index < -0.39 is 0 Å². The molecule has 0 aliphatic carbocycles. The Kier molecular flexibility index (Phi) is 5.20. The van der Waals surface area contributed by atoms with Gasteiger partial charge in [0.2, 0.25) is 0 Å². The van der Waals surface area contributed by atoms with Crippen molar-refractivity contribution in [3.63, 3.8) is 0 Å². The number of benzene rings is 2. The molecule has 4 rings (SSSR count). The summed E-state index contributed by atoms with van der Waals surface area (Å²) in [6.45, 7) is 6.83. The van der Waals surface area contributed by atoms with Gasteiger partial charge in [-0.1, -0.05) is 25.1 Å². The molecule has 1 atom stereocenters. The number of para-hydroxylation sites is 1. The summed E-state index contributed by atoms with van der Waals surface area (Å²) in [5.41, 5.74) is 7.78. The molecule has 0 fully saturated rings. The van der Waals surface area contributed by atoms with Crippen LogP contribution in [0.25, 0.3) is 5.69 Å². The quantitative estimate of drug-likeness (QED) is 0.497. The number of aromatic nitrogens is 1. The van der Waals surface area contributed by atoms with E-state index in [0.717, 1.165) is 17.7 Å². The van der Waals surface area contributed by atoms with E-state index in [1.165, 1.54) is 11.3 Å². The standard InChI is InChI=1S/C25H28N4O/c1-18-16-25(2,3)28(4)22-12-11-19(15-21(18)22)17-26-27-24(30)20-9-5-6-10-23(20)29-13-7-8-14-29/h5-15,17-18H,16H2,1-4H3,(H,27,30)/b26-17-. The molecule has 1 aromatic heterocycles. The first-order valence-corrected chi connectivity index (χ1v) is 10.3. The van der Waals surface area contributed by atoms with E-state index >= 15 is 0 Å². The summed E-state index contributed by atoms with van der Waals surface area (Å²) in [5.74, 6) is 0.242. The van der Waals surface area contributed by atoms with Gasteiger partial charge in [0, 0.05) is 30.7 Å². The van der Waals surface area contributed by atoms with E-state index in [4.69, 9.17) is 0 Å². The first-order chi connectivity index (χ1) is 14.4. The van der Waals surface area contributed by atoms with Crippen molar-refractivity contribution in [1.82, 2.24) is 9.99 Å². The molecule has 0 saturated carbocycles. The van der Waals surface area contributed by atoms with Crippen LogP contribution in [-0.2, 0) is 0 Å². The zero-order valence-electron chi connectivity index (χ0n) is 18.0. The molecular weight excluding hydrogens is 372 g/mol. The van der Waals surface area contributed by atoms with Crippen LogP contribution in [0, 0.1) is 0 Å². The molecule has 5 nitrogen and oxygen atoms in total. The molecule has 2 heterocycles. The molecule has 0 bridgehead atoms. The minimum Gasteiger partial charge on any atom is -0.369 e. The van der Waals surface area contributed by atoms with Crippen molar-refractivity contribution < 1.29 is 4.79 Å². The summed E-state index contributed by atoms with van der Waals surface area (Å²) in [5, 5.41) is 4.21. The largest absolute Gasteiger partial charge is 0.369 e. The molecule has 0 spiro atoms. The number of carbonyl (C=O) groups is 1. The Hall–Kier alpha value is -3.34. The number of carbonyl (C=O) groups excluding carboxylic acids is 1. The van der Waals surface area contributed by atoms with Crippen molar-refractivity contribution in [3.8, 4) is 5.69 Å². The Bertz CT molecular complexity index is 1080. The van der Waals surface area contributed by atoms with Gasteiger partial charge in [-0.2, -0.15) is 5.10 Å². The zero-order valence-corrected chi connectivity index (χ0v) is 18.0. The number of nitrogens with zero attached hydrogens (tertiary/aromatic N) is 3. The molecule has 1 unspecified atom stereocenters. The van der Waals surface area contributed by atoms with Crippen molar-refractivity contribution in [3.05, 3.63) is 83.7 Å². The lowest BCUT2D eigenvalue weighted by molar-refractivity contribution is 0.0955. The van der Waals surface area contributed by atoms with Crippen molar-refractivity contribution in [1.29, 1.82) is 0 Å². The molecule has 0 radical (unpaired) electrons. The van der Waals surface area contributed by atoms with Gasteiger partial charge in [-0.15, -0.1) is 0 Å². The minimum absolute atomic E-state index is 0.142. The molecule has 154 valence electrons. The first kappa shape index (κ1) is 20.0. The van der Waals surface area contributed by atoms with Gasteiger partial charge in [-0.05, 0) is 73.7 Å². The number of hydrogen-bond acceptors (Lipinski definition) is 3. The van der Waals surface area contributed by atoms with Gasteiger partial charge < -0.3 is 9.47 Å². The van der Waals surface area contributed by atoms with Crippen LogP contribution < -0.4 is 10.3 Å². The average Bonchev–Trinajstić information content (AvgIpc) is 3.26. The van der Waals surface area contributed by atoms with Gasteiger partial charge >= 0.3 is 0 Å². The van der Waals surface area contributed by atoms with Gasteiger partial charge in [0.25, 0.3) is 5.91 Å². The SMILES string of the molecule is CC1CC(C)(C)N(C)c2ccc(/C=N\NC(=O)c3ccccc3-n3cccc3)cc21. The second kappa shape index (κ2) is 7.82. The molecule has 3 aromatic rings. The Labute approximate surface area is 178 Å². The highest BCUT2D eigenvalue weighted by molar-refractivity contribution is 5.98. The molecule has 5 heteroatoms. The molecule has 30 heavy (non-hydrogen) atoms. The van der Waals surface area contributed by atoms with Gasteiger partial charge in [0.15, 0.2) is 0 Å². The van der Waals surface area contributed by atoms with Gasteiger partial charge in [-0.3, -0.25) is 4.79 Å². The zero-order chi connectivity index (χ0) is 21.3. The lowest BCUT2D eigenvalue weighted by Crippen LogP contribution is -2.45. The summed E-state index contributed by atoms with van der Waals surface area (Å²) in [6.07, 6.45) is 6.65. The number of hydrogen-bond donors (Lipinski definition) is 1. The predicted molar refractivity (Wildman–Crippen MR) is 123 cm³/mol. The van der Waals surface area contributed by atoms with Gasteiger partial charge in [-0.25, -0.2) is 5.43 Å². The molecule has 1 N–H and O–H groups in total. The van der Waals surface area contributed by atoms with Gasteiger partial charge in [0.05, 0.1) is 17.5 Å². The van der Waals surface area contributed by atoms with Crippen LogP contribution in [0.4, 0.5) is 5.69 Å². The fourth-order valence-corrected chi connectivity index (χ4v) is 4.29. The second-order valence-electron chi connectivity index (χ2n) is 8.60. The third kappa shape index (κ3) is 3.75. The number of nitrogens with one attached hydrogen (secondary N) is 1. The van der Waals surface area contributed by atoms with Crippen molar-refractivity contribution in [2.24, 2.45) is 5.10 Å². The lowest BCUT2D eigenvalue weighted by atomic mass is 9.80. The van der Waals surface area contributed by atoms with Crippen LogP contribution in [0.1, 0.15) is 54.6 Å². The summed E-state index contributed by atoms with van der Waals surface area (Å²) < 4.78 is 1.92. The molecule has 2 aromatic carbocycles. The van der Waals surface area contributed by atoms with Crippen LogP contribution in [-0.4, -0.2) is 29.3 Å². The predicted octanol–water partition coefficient (Wildman–Crippen LogP) is 4.96. The van der Waals surface area contributed by atoms with Crippen molar-refractivity contribution >= 4 is 17.8 Å². The highest BCUT2D eigenvalue weighted by Gasteiger charge is 2.33. The Morgan fingerprint density at radius 2 is 1.83 bits per heavy atom. The number of amides is 1. The molecular formula is C25H28N4O. The summed E-state index contributed by atoms with van der Waals surface area (Å²) in [7, 11) is 2.15. The molecule has 1 aliphatic rings. The Balaban J connectivity index is 1.51. The number of anilines is 1. The maximum absolute atomic E-state index is 12.7. The number of fused-ring (bicyclic) bond motifs is 1. The maximum atomic E-state index is 12.7. The van der Waals surface area contributed by atoms with E-state index in [1.54, 1.807) is 12.3 Å². The monoisotopic (exact) mass is 400 g/mol. The average molecular weight is 401 g/mol.